The molecule has 43 heavy (non-hydrogen) atoms. The van der Waals surface area contributed by atoms with Gasteiger partial charge in [-0.2, -0.15) is 0 Å². The number of hydrogen-bond donors (Lipinski definition) is 1. The molecule has 1 N–H and O–H groups in total. The molecule has 1 fully saturated rings. The van der Waals surface area contributed by atoms with Gasteiger partial charge in [0.15, 0.2) is 0 Å². The van der Waals surface area contributed by atoms with Crippen molar-refractivity contribution in [3.8, 4) is 22.8 Å². The minimum absolute atomic E-state index is 0.0622. The van der Waals surface area contributed by atoms with Gasteiger partial charge in [0, 0.05) is 22.8 Å². The topological polar surface area (TPSA) is 116 Å². The van der Waals surface area contributed by atoms with Crippen molar-refractivity contribution in [2.24, 2.45) is 10.8 Å². The zero-order valence-electron chi connectivity index (χ0n) is 25.5. The number of nitrogens with one attached hydrogen (secondary N) is 1. The number of alkyl carbamates (subject to hydrolysis) is 1. The number of pyridine rings is 1. The fourth-order valence-electron chi connectivity index (χ4n) is 5.35. The highest BCUT2D eigenvalue weighted by atomic mass is 16.6. The molecule has 10 nitrogen and oxygen atoms in total. The SMILES string of the molecule is COC(=O)[C@@H]1C[C@@H]2CN1C(=O)[C@H](C(C)(C)C)NC(=O)OCC(C)(C)COc1cccc(c1)-c1cc3ccccc3nc1O2. The molecule has 228 valence electrons. The summed E-state index contributed by atoms with van der Waals surface area (Å²) in [6.45, 7) is 9.83. The maximum atomic E-state index is 14.0. The number of amides is 2. The number of nitrogens with zero attached hydrogens (tertiary/aromatic N) is 2. The van der Waals surface area contributed by atoms with Gasteiger partial charge in [-0.05, 0) is 35.2 Å². The molecule has 3 heterocycles. The number of carbonyl (C=O) groups is 3. The third-order valence-electron chi connectivity index (χ3n) is 7.73. The lowest BCUT2D eigenvalue weighted by molar-refractivity contribution is -0.152. The van der Waals surface area contributed by atoms with E-state index in [9.17, 15) is 14.4 Å². The molecule has 0 radical (unpaired) electrons. The number of methoxy groups -OCH3 is 1. The molecule has 0 saturated carbocycles. The minimum Gasteiger partial charge on any atom is -0.493 e. The summed E-state index contributed by atoms with van der Waals surface area (Å²) in [5, 5.41) is 3.69. The molecular weight excluding hydrogens is 550 g/mol. The van der Waals surface area contributed by atoms with Crippen molar-refractivity contribution in [1.82, 2.24) is 15.2 Å². The Labute approximate surface area is 251 Å². The number of ether oxygens (including phenoxy) is 4. The summed E-state index contributed by atoms with van der Waals surface area (Å²) in [5.74, 6) is 0.0497. The molecule has 0 unspecified atom stereocenters. The normalized spacial score (nSPS) is 22.7. The monoisotopic (exact) mass is 589 g/mol. The van der Waals surface area contributed by atoms with Crippen LogP contribution in [0, 0.1) is 10.8 Å². The molecular formula is C33H39N3O7. The number of benzene rings is 2. The Morgan fingerprint density at radius 3 is 2.53 bits per heavy atom. The van der Waals surface area contributed by atoms with Crippen LogP contribution in [0.3, 0.4) is 0 Å². The first-order valence-electron chi connectivity index (χ1n) is 14.5. The summed E-state index contributed by atoms with van der Waals surface area (Å²) < 4.78 is 23.3. The van der Waals surface area contributed by atoms with Gasteiger partial charge in [0.1, 0.15) is 30.5 Å². The predicted octanol–water partition coefficient (Wildman–Crippen LogP) is 4.98. The molecule has 2 amide bonds. The molecule has 1 saturated heterocycles. The summed E-state index contributed by atoms with van der Waals surface area (Å²) >= 11 is 0. The second-order valence-electron chi connectivity index (χ2n) is 13.0. The molecule has 1 aromatic heterocycles. The van der Waals surface area contributed by atoms with Gasteiger partial charge in [-0.25, -0.2) is 14.6 Å². The molecule has 2 aliphatic heterocycles. The summed E-state index contributed by atoms with van der Waals surface area (Å²) in [4.78, 5) is 46.2. The quantitative estimate of drug-likeness (QED) is 0.395. The molecule has 0 aliphatic carbocycles. The van der Waals surface area contributed by atoms with Crippen LogP contribution >= 0.6 is 0 Å². The third kappa shape index (κ3) is 6.68. The number of fused-ring (bicyclic) bond motifs is 7. The molecule has 2 aliphatic rings. The van der Waals surface area contributed by atoms with E-state index in [1.807, 2.05) is 89.2 Å². The smallest absolute Gasteiger partial charge is 0.407 e. The van der Waals surface area contributed by atoms with Crippen molar-refractivity contribution in [3.63, 3.8) is 0 Å². The Bertz CT molecular complexity index is 1530. The Morgan fingerprint density at radius 2 is 1.79 bits per heavy atom. The predicted molar refractivity (Wildman–Crippen MR) is 161 cm³/mol. The number of cyclic esters (lactones) is 1. The number of carbonyl (C=O) groups excluding carboxylic acids is 3. The highest BCUT2D eigenvalue weighted by Gasteiger charge is 2.46. The van der Waals surface area contributed by atoms with Gasteiger partial charge in [0.25, 0.3) is 0 Å². The van der Waals surface area contributed by atoms with Gasteiger partial charge in [0.2, 0.25) is 11.8 Å². The number of para-hydroxylation sites is 1. The van der Waals surface area contributed by atoms with Crippen molar-refractivity contribution < 1.29 is 33.3 Å². The molecule has 3 atom stereocenters. The Hall–Kier alpha value is -4.34. The lowest BCUT2D eigenvalue weighted by Gasteiger charge is -2.35. The van der Waals surface area contributed by atoms with Crippen LogP contribution in [0.2, 0.25) is 0 Å². The number of aromatic nitrogens is 1. The summed E-state index contributed by atoms with van der Waals surface area (Å²) in [6, 6.07) is 15.6. The van der Waals surface area contributed by atoms with E-state index in [0.717, 1.165) is 22.0 Å². The molecule has 2 aromatic carbocycles. The summed E-state index contributed by atoms with van der Waals surface area (Å²) in [6.07, 6.45) is -1.09. The second-order valence-corrected chi connectivity index (χ2v) is 13.0. The highest BCUT2D eigenvalue weighted by Crippen LogP contribution is 2.36. The van der Waals surface area contributed by atoms with Crippen LogP contribution in [0.5, 0.6) is 11.6 Å². The van der Waals surface area contributed by atoms with Crippen molar-refractivity contribution in [2.75, 3.05) is 26.9 Å². The van der Waals surface area contributed by atoms with Crippen LogP contribution in [-0.4, -0.2) is 72.9 Å². The number of hydrogen-bond acceptors (Lipinski definition) is 8. The standard InChI is InChI=1S/C33H39N3O7/c1-32(2,3)27-29(37)36-17-23(16-26(36)30(38)40-6)43-28-24(15-21-10-7-8-13-25(21)34-28)20-11-9-12-22(14-20)41-18-33(4,5)19-42-31(39)35-27/h7-15,23,26-27H,16-19H2,1-6H3,(H,35,39)/t23-,26+,27-/m1/s1. The number of rotatable bonds is 1. The fourth-order valence-corrected chi connectivity index (χ4v) is 5.35. The maximum absolute atomic E-state index is 14.0. The Kier molecular flexibility index (Phi) is 8.23. The van der Waals surface area contributed by atoms with E-state index >= 15 is 0 Å². The Morgan fingerprint density at radius 1 is 1.05 bits per heavy atom. The van der Waals surface area contributed by atoms with E-state index in [-0.39, 0.29) is 26.2 Å². The van der Waals surface area contributed by atoms with Gasteiger partial charge in [0.05, 0.1) is 25.8 Å². The van der Waals surface area contributed by atoms with E-state index in [2.05, 4.69) is 5.32 Å². The lowest BCUT2D eigenvalue weighted by atomic mass is 9.85. The molecule has 0 spiro atoms. The van der Waals surface area contributed by atoms with Crippen molar-refractivity contribution >= 4 is 28.9 Å². The fraction of sp³-hybridized carbons (Fsp3) is 0.455. The van der Waals surface area contributed by atoms with Gasteiger partial charge in [-0.3, -0.25) is 4.79 Å². The molecule has 4 bridgehead atoms. The van der Waals surface area contributed by atoms with E-state index in [1.165, 1.54) is 12.0 Å². The van der Waals surface area contributed by atoms with Gasteiger partial charge >= 0.3 is 12.1 Å². The van der Waals surface area contributed by atoms with Gasteiger partial charge in [-0.1, -0.05) is 65.0 Å². The number of esters is 1. The van der Waals surface area contributed by atoms with Crippen LogP contribution in [-0.2, 0) is 19.1 Å². The molecule has 10 heteroatoms. The zero-order valence-corrected chi connectivity index (χ0v) is 25.5. The van der Waals surface area contributed by atoms with E-state index in [0.29, 0.717) is 11.6 Å². The maximum Gasteiger partial charge on any atom is 0.407 e. The van der Waals surface area contributed by atoms with E-state index in [1.54, 1.807) is 0 Å². The van der Waals surface area contributed by atoms with Crippen LogP contribution in [0.15, 0.2) is 54.6 Å². The lowest BCUT2D eigenvalue weighted by Crippen LogP contribution is -2.57. The van der Waals surface area contributed by atoms with Crippen molar-refractivity contribution in [2.45, 2.75) is 59.2 Å². The van der Waals surface area contributed by atoms with Gasteiger partial charge < -0.3 is 29.2 Å². The largest absolute Gasteiger partial charge is 0.493 e. The minimum atomic E-state index is -0.974. The first-order valence-corrected chi connectivity index (χ1v) is 14.5. The molecule has 3 aromatic rings. The zero-order chi connectivity index (χ0) is 30.9. The van der Waals surface area contributed by atoms with Crippen LogP contribution in [0.25, 0.3) is 22.0 Å². The summed E-state index contributed by atoms with van der Waals surface area (Å²) in [5.41, 5.74) is 1.13. The van der Waals surface area contributed by atoms with Crippen LogP contribution in [0.1, 0.15) is 41.0 Å². The van der Waals surface area contributed by atoms with Gasteiger partial charge in [-0.15, -0.1) is 0 Å². The highest BCUT2D eigenvalue weighted by molar-refractivity contribution is 5.91. The average Bonchev–Trinajstić information content (AvgIpc) is 3.40. The second kappa shape index (κ2) is 11.7. The average molecular weight is 590 g/mol. The molecule has 5 rings (SSSR count). The third-order valence-corrected chi connectivity index (χ3v) is 7.73. The van der Waals surface area contributed by atoms with Crippen molar-refractivity contribution in [1.29, 1.82) is 0 Å². The van der Waals surface area contributed by atoms with Crippen LogP contribution < -0.4 is 14.8 Å². The Balaban J connectivity index is 1.60. The van der Waals surface area contributed by atoms with Crippen molar-refractivity contribution in [3.05, 3.63) is 54.6 Å². The van der Waals surface area contributed by atoms with Crippen LogP contribution in [0.4, 0.5) is 4.79 Å². The first kappa shape index (κ1) is 30.1. The summed E-state index contributed by atoms with van der Waals surface area (Å²) in [7, 11) is 1.29. The van der Waals surface area contributed by atoms with E-state index in [4.69, 9.17) is 23.9 Å². The van der Waals surface area contributed by atoms with E-state index < -0.39 is 47.0 Å². The first-order chi connectivity index (χ1) is 20.3.